The highest BCUT2D eigenvalue weighted by Gasteiger charge is 2.57. The molecule has 2 saturated heterocycles. The van der Waals surface area contributed by atoms with Crippen molar-refractivity contribution >= 4 is 6.03 Å². The topological polar surface area (TPSA) is 76.5 Å². The molecule has 4 fully saturated rings. The average molecular weight is 472 g/mol. The summed E-state index contributed by atoms with van der Waals surface area (Å²) in [6, 6.07) is 10.7. The Morgan fingerprint density at radius 3 is 2.06 bits per heavy atom. The monoisotopic (exact) mass is 471 g/mol. The van der Waals surface area contributed by atoms with Gasteiger partial charge in [-0.15, -0.1) is 0 Å². The highest BCUT2D eigenvalue weighted by Crippen LogP contribution is 2.50. The lowest BCUT2D eigenvalue weighted by Gasteiger charge is -2.52. The van der Waals surface area contributed by atoms with Crippen LogP contribution in [-0.4, -0.2) is 94.6 Å². The van der Waals surface area contributed by atoms with E-state index in [0.717, 1.165) is 44.9 Å². The molecule has 0 radical (unpaired) electrons. The molecule has 5 rings (SSSR count). The average Bonchev–Trinajstić information content (AvgIpc) is 3.04. The highest BCUT2D eigenvalue weighted by molar-refractivity contribution is 5.78. The molecule has 7 heteroatoms. The van der Waals surface area contributed by atoms with Crippen LogP contribution in [0.15, 0.2) is 30.3 Å². The summed E-state index contributed by atoms with van der Waals surface area (Å²) in [6.45, 7) is 2.46. The van der Waals surface area contributed by atoms with Gasteiger partial charge in [0, 0.05) is 38.1 Å². The Bertz CT molecular complexity index is 871. The van der Waals surface area contributed by atoms with E-state index in [9.17, 15) is 15.0 Å². The largest absolute Gasteiger partial charge is 0.388 e. The number of rotatable bonds is 6. The van der Waals surface area contributed by atoms with E-state index in [2.05, 4.69) is 49.3 Å². The van der Waals surface area contributed by atoms with Gasteiger partial charge >= 0.3 is 6.03 Å². The molecule has 2 N–H and O–H groups in total. The predicted octanol–water partition coefficient (Wildman–Crippen LogP) is 2.95. The third kappa shape index (κ3) is 4.15. The van der Waals surface area contributed by atoms with Crippen LogP contribution in [0.5, 0.6) is 0 Å². The fourth-order valence-electron chi connectivity index (χ4n) is 6.84. The molecule has 0 aromatic heterocycles. The zero-order valence-corrected chi connectivity index (χ0v) is 20.8. The first-order valence-corrected chi connectivity index (χ1v) is 13.0. The number of hydrogen-bond acceptors (Lipinski definition) is 5. The molecule has 7 nitrogen and oxygen atoms in total. The molecule has 4 aliphatic rings. The van der Waals surface area contributed by atoms with Gasteiger partial charge in [0.1, 0.15) is 0 Å². The minimum atomic E-state index is -0.884. The number of nitrogens with zero attached hydrogens (tertiary/aromatic N) is 3. The van der Waals surface area contributed by atoms with Crippen LogP contribution in [0.2, 0.25) is 0 Å². The molecule has 2 saturated carbocycles. The second-order valence-corrected chi connectivity index (χ2v) is 11.7. The molecule has 34 heavy (non-hydrogen) atoms. The van der Waals surface area contributed by atoms with Gasteiger partial charge in [-0.2, -0.15) is 0 Å². The van der Waals surface area contributed by atoms with Gasteiger partial charge in [0.25, 0.3) is 0 Å². The molecule has 1 aromatic rings. The van der Waals surface area contributed by atoms with Crippen LogP contribution in [0.3, 0.4) is 0 Å². The molecule has 0 bridgehead atoms. The normalized spacial score (nSPS) is 32.9. The summed E-state index contributed by atoms with van der Waals surface area (Å²) in [5, 5.41) is 22.2. The SMILES string of the molecule is CN(C)[C@]1(c2ccccc2)CC[C@@]2(CC1)CN(CC1(O)CCOCC1)C(=O)N2CC1(O)CCC1. The number of β-amino-alcohol motifs (C(OH)–C–C–N with tert-alkyl or cyclic N) is 2. The van der Waals surface area contributed by atoms with Crippen molar-refractivity contribution in [2.24, 2.45) is 0 Å². The minimum Gasteiger partial charge on any atom is -0.388 e. The van der Waals surface area contributed by atoms with Gasteiger partial charge in [-0.3, -0.25) is 4.90 Å². The summed E-state index contributed by atoms with van der Waals surface area (Å²) in [6.07, 6.45) is 7.36. The van der Waals surface area contributed by atoms with Crippen molar-refractivity contribution in [3.05, 3.63) is 35.9 Å². The van der Waals surface area contributed by atoms with Crippen molar-refractivity contribution in [2.75, 3.05) is 46.9 Å². The number of ether oxygens (including phenoxy) is 1. The molecular weight excluding hydrogens is 430 g/mol. The lowest BCUT2D eigenvalue weighted by Crippen LogP contribution is -2.59. The van der Waals surface area contributed by atoms with Gasteiger partial charge in [-0.05, 0) is 64.6 Å². The third-order valence-corrected chi connectivity index (χ3v) is 9.38. The maximum absolute atomic E-state index is 13.8. The van der Waals surface area contributed by atoms with Crippen molar-refractivity contribution in [3.63, 3.8) is 0 Å². The highest BCUT2D eigenvalue weighted by atomic mass is 16.5. The van der Waals surface area contributed by atoms with Crippen molar-refractivity contribution in [3.8, 4) is 0 Å². The summed E-state index contributed by atoms with van der Waals surface area (Å²) in [4.78, 5) is 20.0. The van der Waals surface area contributed by atoms with Gasteiger partial charge in [-0.25, -0.2) is 4.79 Å². The molecule has 2 heterocycles. The van der Waals surface area contributed by atoms with Gasteiger partial charge in [0.2, 0.25) is 0 Å². The molecule has 1 spiro atoms. The first-order valence-electron chi connectivity index (χ1n) is 13.0. The number of carbonyl (C=O) groups is 1. The summed E-state index contributed by atoms with van der Waals surface area (Å²) < 4.78 is 5.45. The van der Waals surface area contributed by atoms with E-state index < -0.39 is 11.2 Å². The molecule has 0 unspecified atom stereocenters. The van der Waals surface area contributed by atoms with Crippen LogP contribution >= 0.6 is 0 Å². The van der Waals surface area contributed by atoms with E-state index in [4.69, 9.17) is 4.74 Å². The molecule has 2 aliphatic carbocycles. The van der Waals surface area contributed by atoms with Crippen LogP contribution < -0.4 is 0 Å². The molecule has 0 atom stereocenters. The zero-order chi connectivity index (χ0) is 24.0. The Morgan fingerprint density at radius 2 is 1.50 bits per heavy atom. The van der Waals surface area contributed by atoms with Crippen LogP contribution in [0, 0.1) is 0 Å². The number of benzene rings is 1. The van der Waals surface area contributed by atoms with Crippen molar-refractivity contribution in [2.45, 2.75) is 80.1 Å². The predicted molar refractivity (Wildman–Crippen MR) is 130 cm³/mol. The van der Waals surface area contributed by atoms with Crippen LogP contribution in [0.25, 0.3) is 0 Å². The first-order chi connectivity index (χ1) is 16.2. The van der Waals surface area contributed by atoms with Crippen LogP contribution in [-0.2, 0) is 10.3 Å². The van der Waals surface area contributed by atoms with E-state index in [-0.39, 0.29) is 17.1 Å². The molecule has 188 valence electrons. The lowest BCUT2D eigenvalue weighted by molar-refractivity contribution is -0.0745. The standard InChI is InChI=1S/C27H41N3O4/c1-28(2)27(22-7-4-3-5-8-22)13-11-24(12-14-27)19-29(20-26(33)15-17-34-18-16-26)23(31)30(24)21-25(32)9-6-10-25/h3-5,7-8,32-33H,6,9-21H2,1-2H3/t24-,27-. The molecule has 2 aliphatic heterocycles. The second kappa shape index (κ2) is 8.77. The van der Waals surface area contributed by atoms with Crippen molar-refractivity contribution in [1.82, 2.24) is 14.7 Å². The number of amides is 2. The van der Waals surface area contributed by atoms with Gasteiger partial charge < -0.3 is 24.7 Å². The van der Waals surface area contributed by atoms with E-state index in [1.165, 1.54) is 5.56 Å². The summed E-state index contributed by atoms with van der Waals surface area (Å²) >= 11 is 0. The Labute approximate surface area is 203 Å². The maximum atomic E-state index is 13.8. The first kappa shape index (κ1) is 24.0. The van der Waals surface area contributed by atoms with Crippen LogP contribution in [0.1, 0.15) is 63.4 Å². The zero-order valence-electron chi connectivity index (χ0n) is 20.8. The smallest absolute Gasteiger partial charge is 0.320 e. The van der Waals surface area contributed by atoms with Crippen molar-refractivity contribution in [1.29, 1.82) is 0 Å². The number of urea groups is 1. The minimum absolute atomic E-state index is 0.0164. The lowest BCUT2D eigenvalue weighted by atomic mass is 9.67. The molecular formula is C27H41N3O4. The Kier molecular flexibility index (Phi) is 6.20. The van der Waals surface area contributed by atoms with Gasteiger partial charge in [0.05, 0.1) is 29.8 Å². The molecule has 2 amide bonds. The Balaban J connectivity index is 1.40. The number of aliphatic hydroxyl groups is 2. The number of hydrogen-bond donors (Lipinski definition) is 2. The quantitative estimate of drug-likeness (QED) is 0.667. The van der Waals surface area contributed by atoms with Crippen LogP contribution in [0.4, 0.5) is 4.79 Å². The summed E-state index contributed by atoms with van der Waals surface area (Å²) in [5.41, 5.74) is -0.662. The number of carbonyl (C=O) groups excluding carboxylic acids is 1. The molecule has 1 aromatic carbocycles. The van der Waals surface area contributed by atoms with E-state index in [0.29, 0.717) is 45.7 Å². The van der Waals surface area contributed by atoms with Gasteiger partial charge in [0.15, 0.2) is 0 Å². The van der Waals surface area contributed by atoms with Gasteiger partial charge in [-0.1, -0.05) is 30.3 Å². The third-order valence-electron chi connectivity index (χ3n) is 9.38. The Morgan fingerprint density at radius 1 is 0.882 bits per heavy atom. The second-order valence-electron chi connectivity index (χ2n) is 11.7. The van der Waals surface area contributed by atoms with E-state index in [1.54, 1.807) is 0 Å². The maximum Gasteiger partial charge on any atom is 0.320 e. The fourth-order valence-corrected chi connectivity index (χ4v) is 6.84. The van der Waals surface area contributed by atoms with Crippen molar-refractivity contribution < 1.29 is 19.7 Å². The summed E-state index contributed by atoms with van der Waals surface area (Å²) in [5.74, 6) is 0. The van der Waals surface area contributed by atoms with E-state index >= 15 is 0 Å². The Hall–Kier alpha value is -1.67. The summed E-state index contributed by atoms with van der Waals surface area (Å²) in [7, 11) is 4.32. The van der Waals surface area contributed by atoms with E-state index in [1.807, 2.05) is 9.80 Å². The fraction of sp³-hybridized carbons (Fsp3) is 0.741.